The number of carbonyl (C=O) groups is 1. The summed E-state index contributed by atoms with van der Waals surface area (Å²) in [6.07, 6.45) is 1.38. The van der Waals surface area contributed by atoms with Gasteiger partial charge >= 0.3 is 0 Å². The fourth-order valence-electron chi connectivity index (χ4n) is 2.25. The summed E-state index contributed by atoms with van der Waals surface area (Å²) < 4.78 is 21.7. The maximum Gasteiger partial charge on any atom is 0.273 e. The Kier molecular flexibility index (Phi) is 9.81. The number of amides is 1. The van der Waals surface area contributed by atoms with Crippen LogP contribution in [0, 0.1) is 0 Å². The monoisotopic (exact) mass is 409 g/mol. The molecule has 0 spiro atoms. The van der Waals surface area contributed by atoms with Crippen molar-refractivity contribution in [1.29, 1.82) is 0 Å². The molecule has 0 saturated carbocycles. The minimum atomic E-state index is 0.0126. The van der Waals surface area contributed by atoms with Gasteiger partial charge in [0.1, 0.15) is 12.4 Å². The molecule has 1 aromatic carbocycles. The molecule has 1 N–H and O–H groups in total. The Bertz CT molecular complexity index is 706. The summed E-state index contributed by atoms with van der Waals surface area (Å²) in [6.45, 7) is 6.34. The first-order valence-electron chi connectivity index (χ1n) is 9.26. The maximum absolute atomic E-state index is 11.6. The van der Waals surface area contributed by atoms with E-state index in [1.54, 1.807) is 0 Å². The zero-order chi connectivity index (χ0) is 20.2. The largest absolute Gasteiger partial charge is 0.491 e. The van der Waals surface area contributed by atoms with Gasteiger partial charge in [0, 0.05) is 25.1 Å². The third-order valence-electron chi connectivity index (χ3n) is 3.58. The van der Waals surface area contributed by atoms with E-state index in [0.29, 0.717) is 45.3 Å². The molecule has 28 heavy (non-hydrogen) atoms. The molecule has 0 bridgehead atoms. The van der Waals surface area contributed by atoms with E-state index < -0.39 is 0 Å². The highest BCUT2D eigenvalue weighted by Crippen LogP contribution is 2.22. The molecule has 0 fully saturated rings. The van der Waals surface area contributed by atoms with Crippen LogP contribution < -0.4 is 10.1 Å². The van der Waals surface area contributed by atoms with Crippen LogP contribution in [0.25, 0.3) is 11.5 Å². The zero-order valence-electron chi connectivity index (χ0n) is 16.2. The summed E-state index contributed by atoms with van der Waals surface area (Å²) in [5.41, 5.74) is 0.794. The van der Waals surface area contributed by atoms with Crippen molar-refractivity contribution in [2.24, 2.45) is 0 Å². The van der Waals surface area contributed by atoms with E-state index >= 15 is 0 Å². The van der Waals surface area contributed by atoms with Crippen LogP contribution in [-0.2, 0) is 14.3 Å². The van der Waals surface area contributed by atoms with Crippen LogP contribution in [0.5, 0.6) is 5.75 Å². The Morgan fingerprint density at radius 1 is 1.14 bits per heavy atom. The number of nitrogens with one attached hydrogen (secondary N) is 1. The van der Waals surface area contributed by atoms with Crippen molar-refractivity contribution in [2.75, 3.05) is 33.0 Å². The lowest BCUT2D eigenvalue weighted by Crippen LogP contribution is -2.27. The van der Waals surface area contributed by atoms with Crippen molar-refractivity contribution in [3.8, 4) is 17.2 Å². The van der Waals surface area contributed by atoms with E-state index in [0.717, 1.165) is 17.7 Å². The van der Waals surface area contributed by atoms with E-state index in [1.165, 1.54) is 0 Å². The normalized spacial score (nSPS) is 11.0. The van der Waals surface area contributed by atoms with Gasteiger partial charge in [-0.2, -0.15) is 0 Å². The Labute approximate surface area is 170 Å². The molecule has 0 unspecified atom stereocenters. The summed E-state index contributed by atoms with van der Waals surface area (Å²) >= 11 is 3.99. The molecule has 1 heterocycles. The number of thiol groups is 1. The first-order chi connectivity index (χ1) is 13.5. The lowest BCUT2D eigenvalue weighted by atomic mass is 10.2. The van der Waals surface area contributed by atoms with Crippen LogP contribution in [0.1, 0.15) is 26.7 Å². The molecule has 0 aliphatic carbocycles. The van der Waals surface area contributed by atoms with Gasteiger partial charge < -0.3 is 23.9 Å². The summed E-state index contributed by atoms with van der Waals surface area (Å²) in [5.74, 6) is 1.14. The van der Waals surface area contributed by atoms with Gasteiger partial charge in [0.25, 0.3) is 5.22 Å². The number of ether oxygens (including phenoxy) is 3. The standard InChI is InChI=1S/C19H27N3O5S/c1-14(2)25-10-3-4-17(23)20-9-11-24-12-13-26-16-7-5-15(6-8-16)18-21-22-19(28)27-18/h5-8,14H,3-4,9-13H2,1-2H3,(H,20,23)(H,22,28). The number of rotatable bonds is 13. The molecule has 0 atom stereocenters. The van der Waals surface area contributed by atoms with Crippen molar-refractivity contribution < 1.29 is 23.4 Å². The van der Waals surface area contributed by atoms with E-state index in [1.807, 2.05) is 38.1 Å². The fraction of sp³-hybridized carbons (Fsp3) is 0.526. The molecule has 0 saturated heterocycles. The first-order valence-corrected chi connectivity index (χ1v) is 9.71. The lowest BCUT2D eigenvalue weighted by molar-refractivity contribution is -0.121. The van der Waals surface area contributed by atoms with Gasteiger partial charge in [0.05, 0.1) is 19.3 Å². The molecule has 0 aliphatic rings. The minimum absolute atomic E-state index is 0.0126. The Balaban J connectivity index is 1.49. The lowest BCUT2D eigenvalue weighted by Gasteiger charge is -2.09. The SMILES string of the molecule is CC(C)OCCCC(=O)NCCOCCOc1ccc(-c2nnc(S)o2)cc1. The van der Waals surface area contributed by atoms with Crippen LogP contribution in [0.4, 0.5) is 0 Å². The van der Waals surface area contributed by atoms with Crippen molar-refractivity contribution >= 4 is 18.5 Å². The zero-order valence-corrected chi connectivity index (χ0v) is 17.1. The van der Waals surface area contributed by atoms with Crippen LogP contribution in [0.15, 0.2) is 33.9 Å². The number of aromatic nitrogens is 2. The van der Waals surface area contributed by atoms with Gasteiger partial charge in [-0.15, -0.1) is 10.2 Å². The van der Waals surface area contributed by atoms with E-state index in [-0.39, 0.29) is 17.2 Å². The van der Waals surface area contributed by atoms with Gasteiger partial charge in [-0.3, -0.25) is 4.79 Å². The van der Waals surface area contributed by atoms with Crippen LogP contribution in [0.2, 0.25) is 0 Å². The highest BCUT2D eigenvalue weighted by atomic mass is 32.1. The second kappa shape index (κ2) is 12.4. The highest BCUT2D eigenvalue weighted by molar-refractivity contribution is 7.80. The predicted molar refractivity (Wildman–Crippen MR) is 107 cm³/mol. The van der Waals surface area contributed by atoms with Gasteiger partial charge in [-0.1, -0.05) is 12.6 Å². The van der Waals surface area contributed by atoms with Gasteiger partial charge in [-0.25, -0.2) is 0 Å². The second-order valence-corrected chi connectivity index (χ2v) is 6.63. The van der Waals surface area contributed by atoms with Crippen LogP contribution in [-0.4, -0.2) is 55.2 Å². The Morgan fingerprint density at radius 2 is 1.93 bits per heavy atom. The van der Waals surface area contributed by atoms with Crippen molar-refractivity contribution in [2.45, 2.75) is 38.0 Å². The smallest absolute Gasteiger partial charge is 0.273 e. The van der Waals surface area contributed by atoms with E-state index in [4.69, 9.17) is 18.6 Å². The van der Waals surface area contributed by atoms with E-state index in [9.17, 15) is 4.79 Å². The summed E-state index contributed by atoms with van der Waals surface area (Å²) in [5, 5.41) is 10.6. The molecular weight excluding hydrogens is 382 g/mol. The topological polar surface area (TPSA) is 95.7 Å². The fourth-order valence-corrected chi connectivity index (χ4v) is 2.38. The molecule has 1 amide bonds. The summed E-state index contributed by atoms with van der Waals surface area (Å²) in [7, 11) is 0. The maximum atomic E-state index is 11.6. The highest BCUT2D eigenvalue weighted by Gasteiger charge is 2.06. The minimum Gasteiger partial charge on any atom is -0.491 e. The van der Waals surface area contributed by atoms with Crippen LogP contribution in [0.3, 0.4) is 0 Å². The second-order valence-electron chi connectivity index (χ2n) is 6.25. The van der Waals surface area contributed by atoms with Crippen molar-refractivity contribution in [1.82, 2.24) is 15.5 Å². The number of carbonyl (C=O) groups excluding carboxylic acids is 1. The number of benzene rings is 1. The number of hydrogen-bond donors (Lipinski definition) is 2. The Hall–Kier alpha value is -2.10. The van der Waals surface area contributed by atoms with Crippen LogP contribution >= 0.6 is 12.6 Å². The van der Waals surface area contributed by atoms with Gasteiger partial charge in [0.2, 0.25) is 11.8 Å². The number of nitrogens with zero attached hydrogens (tertiary/aromatic N) is 2. The molecule has 1 aromatic heterocycles. The third kappa shape index (κ3) is 8.73. The average Bonchev–Trinajstić information content (AvgIpc) is 3.11. The first kappa shape index (κ1) is 22.2. The average molecular weight is 410 g/mol. The van der Waals surface area contributed by atoms with Gasteiger partial charge in [-0.05, 0) is 44.5 Å². The molecular formula is C19H27N3O5S. The number of hydrogen-bond acceptors (Lipinski definition) is 8. The van der Waals surface area contributed by atoms with Crippen molar-refractivity contribution in [3.63, 3.8) is 0 Å². The molecule has 154 valence electrons. The molecule has 2 aromatic rings. The summed E-state index contributed by atoms with van der Waals surface area (Å²) in [6, 6.07) is 7.30. The molecule has 9 heteroatoms. The quantitative estimate of drug-likeness (QED) is 0.388. The predicted octanol–water partition coefficient (Wildman–Crippen LogP) is 2.74. The van der Waals surface area contributed by atoms with E-state index in [2.05, 4.69) is 28.1 Å². The van der Waals surface area contributed by atoms with Gasteiger partial charge in [0.15, 0.2) is 0 Å². The molecule has 2 rings (SSSR count). The molecule has 0 aliphatic heterocycles. The third-order valence-corrected chi connectivity index (χ3v) is 3.76. The molecule has 0 radical (unpaired) electrons. The molecule has 8 nitrogen and oxygen atoms in total. The summed E-state index contributed by atoms with van der Waals surface area (Å²) in [4.78, 5) is 11.6. The Morgan fingerprint density at radius 3 is 2.61 bits per heavy atom. The van der Waals surface area contributed by atoms with Crippen molar-refractivity contribution in [3.05, 3.63) is 24.3 Å².